The molecule has 1 amide bonds. The van der Waals surface area contributed by atoms with Crippen molar-refractivity contribution < 1.29 is 4.79 Å². The van der Waals surface area contributed by atoms with Crippen molar-refractivity contribution in [1.82, 2.24) is 15.5 Å². The van der Waals surface area contributed by atoms with Gasteiger partial charge in [-0.15, -0.1) is 0 Å². The van der Waals surface area contributed by atoms with Gasteiger partial charge in [0.1, 0.15) is 5.54 Å². The maximum absolute atomic E-state index is 13.0. The zero-order valence-electron chi connectivity index (χ0n) is 12.8. The quantitative estimate of drug-likeness (QED) is 0.904. The molecule has 1 radical (unpaired) electrons. The summed E-state index contributed by atoms with van der Waals surface area (Å²) in [6.07, 6.45) is 2.81. The van der Waals surface area contributed by atoms with Gasteiger partial charge in [0, 0.05) is 26.2 Å². The molecular weight excluding hydrogens is 262 g/mol. The van der Waals surface area contributed by atoms with Gasteiger partial charge < -0.3 is 10.2 Å². The maximum atomic E-state index is 13.0. The molecule has 1 aromatic carbocycles. The molecule has 0 saturated carbocycles. The zero-order chi connectivity index (χ0) is 14.7. The van der Waals surface area contributed by atoms with Crippen LogP contribution in [0.5, 0.6) is 0 Å². The van der Waals surface area contributed by atoms with Gasteiger partial charge in [0.05, 0.1) is 0 Å². The van der Waals surface area contributed by atoms with E-state index in [1.54, 1.807) is 0 Å². The first-order valence-electron chi connectivity index (χ1n) is 7.93. The minimum Gasteiger partial charge on any atom is -0.338 e. The standard InChI is InChI=1S/C17H24N3O/c1-14-3-5-15(6-4-14)13-17(7-2-8-19-17)16(21)20-11-9-18-10-12-20/h3-6,19H,2,7-13H2,1H3. The summed E-state index contributed by atoms with van der Waals surface area (Å²) in [5.41, 5.74) is 2.10. The van der Waals surface area contributed by atoms with E-state index in [4.69, 9.17) is 0 Å². The number of benzene rings is 1. The molecule has 3 rings (SSSR count). The third-order valence-corrected chi connectivity index (χ3v) is 4.62. The van der Waals surface area contributed by atoms with Crippen LogP contribution in [0.2, 0.25) is 0 Å². The van der Waals surface area contributed by atoms with Gasteiger partial charge in [-0.25, -0.2) is 5.32 Å². The van der Waals surface area contributed by atoms with Crippen molar-refractivity contribution in [2.45, 2.75) is 31.7 Å². The molecule has 21 heavy (non-hydrogen) atoms. The Balaban J connectivity index is 1.78. The summed E-state index contributed by atoms with van der Waals surface area (Å²) in [7, 11) is 0. The van der Waals surface area contributed by atoms with E-state index in [9.17, 15) is 4.79 Å². The predicted octanol–water partition coefficient (Wildman–Crippen LogP) is 1.11. The normalized spacial score (nSPS) is 26.0. The van der Waals surface area contributed by atoms with Crippen molar-refractivity contribution >= 4 is 5.91 Å². The van der Waals surface area contributed by atoms with E-state index in [0.717, 1.165) is 52.0 Å². The molecule has 2 saturated heterocycles. The fraction of sp³-hybridized carbons (Fsp3) is 0.588. The van der Waals surface area contributed by atoms with E-state index in [2.05, 4.69) is 41.8 Å². The van der Waals surface area contributed by atoms with Crippen LogP contribution in [0.1, 0.15) is 24.0 Å². The molecule has 2 aliphatic heterocycles. The molecule has 0 aromatic heterocycles. The Morgan fingerprint density at radius 2 is 2.00 bits per heavy atom. The Bertz CT molecular complexity index is 485. The highest BCUT2D eigenvalue weighted by Crippen LogP contribution is 2.27. The number of nitrogens with one attached hydrogen (secondary N) is 1. The summed E-state index contributed by atoms with van der Waals surface area (Å²) in [5, 5.41) is 7.85. The Morgan fingerprint density at radius 3 is 2.62 bits per heavy atom. The van der Waals surface area contributed by atoms with Crippen molar-refractivity contribution in [2.75, 3.05) is 32.7 Å². The summed E-state index contributed by atoms with van der Waals surface area (Å²) in [4.78, 5) is 15.0. The molecule has 0 aliphatic carbocycles. The summed E-state index contributed by atoms with van der Waals surface area (Å²) in [6.45, 7) is 6.15. The van der Waals surface area contributed by atoms with Crippen LogP contribution in [-0.4, -0.2) is 49.1 Å². The molecule has 4 nitrogen and oxygen atoms in total. The minimum absolute atomic E-state index is 0.274. The predicted molar refractivity (Wildman–Crippen MR) is 83.3 cm³/mol. The number of nitrogens with zero attached hydrogens (tertiary/aromatic N) is 2. The van der Waals surface area contributed by atoms with Gasteiger partial charge in [0.2, 0.25) is 5.91 Å². The number of amides is 1. The molecule has 1 N–H and O–H groups in total. The summed E-state index contributed by atoms with van der Waals surface area (Å²) < 4.78 is 0. The van der Waals surface area contributed by atoms with E-state index >= 15 is 0 Å². The van der Waals surface area contributed by atoms with E-state index in [0.29, 0.717) is 0 Å². The smallest absolute Gasteiger partial charge is 0.243 e. The van der Waals surface area contributed by atoms with Crippen LogP contribution in [0.3, 0.4) is 0 Å². The fourth-order valence-corrected chi connectivity index (χ4v) is 3.38. The number of hydrogen-bond donors (Lipinski definition) is 1. The molecule has 1 unspecified atom stereocenters. The van der Waals surface area contributed by atoms with Gasteiger partial charge in [-0.1, -0.05) is 29.8 Å². The van der Waals surface area contributed by atoms with Crippen LogP contribution in [0.4, 0.5) is 0 Å². The molecule has 0 bridgehead atoms. The molecule has 1 atom stereocenters. The van der Waals surface area contributed by atoms with Gasteiger partial charge in [-0.2, -0.15) is 0 Å². The summed E-state index contributed by atoms with van der Waals surface area (Å²) in [5.74, 6) is 0.274. The van der Waals surface area contributed by atoms with Crippen LogP contribution < -0.4 is 10.6 Å². The first-order chi connectivity index (χ1) is 10.2. The fourth-order valence-electron chi connectivity index (χ4n) is 3.38. The second-order valence-corrected chi connectivity index (χ2v) is 6.24. The van der Waals surface area contributed by atoms with Crippen molar-refractivity contribution in [3.8, 4) is 0 Å². The Hall–Kier alpha value is -1.39. The second kappa shape index (κ2) is 6.16. The van der Waals surface area contributed by atoms with E-state index < -0.39 is 5.54 Å². The number of rotatable bonds is 3. The van der Waals surface area contributed by atoms with Gasteiger partial charge in [-0.05, 0) is 38.3 Å². The van der Waals surface area contributed by atoms with Crippen LogP contribution in [0, 0.1) is 6.92 Å². The molecule has 4 heteroatoms. The van der Waals surface area contributed by atoms with Gasteiger partial charge in [0.25, 0.3) is 0 Å². The minimum atomic E-state index is -0.396. The zero-order valence-corrected chi connectivity index (χ0v) is 12.8. The highest BCUT2D eigenvalue weighted by molar-refractivity contribution is 5.87. The van der Waals surface area contributed by atoms with Gasteiger partial charge in [0.15, 0.2) is 0 Å². The van der Waals surface area contributed by atoms with E-state index in [1.165, 1.54) is 11.1 Å². The average Bonchev–Trinajstić information content (AvgIpc) is 2.99. The van der Waals surface area contributed by atoms with Crippen LogP contribution in [-0.2, 0) is 11.2 Å². The first-order valence-corrected chi connectivity index (χ1v) is 7.93. The van der Waals surface area contributed by atoms with Crippen LogP contribution in [0.25, 0.3) is 0 Å². The van der Waals surface area contributed by atoms with E-state index in [-0.39, 0.29) is 5.91 Å². The molecule has 1 aromatic rings. The lowest BCUT2D eigenvalue weighted by molar-refractivity contribution is -0.138. The topological polar surface area (TPSA) is 46.4 Å². The number of piperazine rings is 1. The number of carbonyl (C=O) groups is 1. The van der Waals surface area contributed by atoms with Crippen LogP contribution >= 0.6 is 0 Å². The van der Waals surface area contributed by atoms with E-state index in [1.807, 2.05) is 4.90 Å². The SMILES string of the molecule is Cc1ccc(CC2(C(=O)N3CC[N]CC3)CCCN2)cc1. The summed E-state index contributed by atoms with van der Waals surface area (Å²) >= 11 is 0. The average molecular weight is 286 g/mol. The lowest BCUT2D eigenvalue weighted by Gasteiger charge is -2.36. The molecule has 0 spiro atoms. The summed E-state index contributed by atoms with van der Waals surface area (Å²) in [6, 6.07) is 8.55. The van der Waals surface area contributed by atoms with Crippen LogP contribution in [0.15, 0.2) is 24.3 Å². The van der Waals surface area contributed by atoms with Crippen molar-refractivity contribution in [1.29, 1.82) is 0 Å². The Labute approximate surface area is 126 Å². The lowest BCUT2D eigenvalue weighted by Crippen LogP contribution is -2.59. The molecule has 113 valence electrons. The largest absolute Gasteiger partial charge is 0.338 e. The number of aryl methyl sites for hydroxylation is 1. The first kappa shape index (κ1) is 14.5. The Kier molecular flexibility index (Phi) is 4.27. The third kappa shape index (κ3) is 3.11. The lowest BCUT2D eigenvalue weighted by atomic mass is 9.87. The maximum Gasteiger partial charge on any atom is 0.243 e. The number of hydrogen-bond acceptors (Lipinski definition) is 2. The van der Waals surface area contributed by atoms with Crippen molar-refractivity contribution in [3.05, 3.63) is 35.4 Å². The van der Waals surface area contributed by atoms with Gasteiger partial charge in [-0.3, -0.25) is 4.79 Å². The highest BCUT2D eigenvalue weighted by atomic mass is 16.2. The highest BCUT2D eigenvalue weighted by Gasteiger charge is 2.43. The molecule has 2 heterocycles. The third-order valence-electron chi connectivity index (χ3n) is 4.62. The molecular formula is C17H24N3O. The van der Waals surface area contributed by atoms with Gasteiger partial charge >= 0.3 is 0 Å². The molecule has 2 aliphatic rings. The second-order valence-electron chi connectivity index (χ2n) is 6.24. The van der Waals surface area contributed by atoms with Crippen molar-refractivity contribution in [2.24, 2.45) is 0 Å². The Morgan fingerprint density at radius 1 is 1.29 bits per heavy atom. The molecule has 2 fully saturated rings. The monoisotopic (exact) mass is 286 g/mol. The number of carbonyl (C=O) groups excluding carboxylic acids is 1. The van der Waals surface area contributed by atoms with Crippen molar-refractivity contribution in [3.63, 3.8) is 0 Å².